The number of nitrogens with zero attached hydrogens (tertiary/aromatic N) is 5. The number of aliphatic hydroxyl groups excluding tert-OH is 1. The van der Waals surface area contributed by atoms with E-state index in [2.05, 4.69) is 21.8 Å². The van der Waals surface area contributed by atoms with Crippen molar-refractivity contribution in [3.05, 3.63) is 119 Å². The third kappa shape index (κ3) is 5.33. The number of aliphatic hydroxyl groups is 1. The van der Waals surface area contributed by atoms with E-state index in [4.69, 9.17) is 4.74 Å². The average molecular weight is 610 g/mol. The molecule has 0 aliphatic carbocycles. The molecule has 1 aliphatic rings. The number of rotatable bonds is 9. The Hall–Kier alpha value is -4.74. The second-order valence-corrected chi connectivity index (χ2v) is 12.1. The maximum Gasteiger partial charge on any atom is 0.301 e. The second kappa shape index (κ2) is 11.9. The fourth-order valence-electron chi connectivity index (χ4n) is 5.03. The summed E-state index contributed by atoms with van der Waals surface area (Å²) in [6.45, 7) is 7.71. The monoisotopic (exact) mass is 609 g/mol. The average Bonchev–Trinajstić information content (AvgIpc) is 3.70. The lowest BCUT2D eigenvalue weighted by atomic mass is 9.96. The lowest BCUT2D eigenvalue weighted by Gasteiger charge is -2.22. The molecule has 0 radical (unpaired) electrons. The van der Waals surface area contributed by atoms with Crippen LogP contribution in [0.1, 0.15) is 34.1 Å². The van der Waals surface area contributed by atoms with Crippen molar-refractivity contribution in [3.8, 4) is 5.75 Å². The van der Waals surface area contributed by atoms with E-state index in [9.17, 15) is 14.7 Å². The lowest BCUT2D eigenvalue weighted by Crippen LogP contribution is -2.29. The molecule has 6 rings (SSSR count). The van der Waals surface area contributed by atoms with Crippen molar-refractivity contribution in [2.75, 3.05) is 11.5 Å². The van der Waals surface area contributed by atoms with Gasteiger partial charge in [-0.25, -0.2) is 4.98 Å². The van der Waals surface area contributed by atoms with Crippen molar-refractivity contribution in [3.63, 3.8) is 0 Å². The first-order valence-corrected chi connectivity index (χ1v) is 15.3. The lowest BCUT2D eigenvalue weighted by molar-refractivity contribution is -0.132. The number of thioether (sulfide) groups is 1. The third-order valence-electron chi connectivity index (χ3n) is 7.10. The van der Waals surface area contributed by atoms with Gasteiger partial charge >= 0.3 is 5.91 Å². The van der Waals surface area contributed by atoms with Crippen molar-refractivity contribution in [2.45, 2.75) is 30.0 Å². The highest BCUT2D eigenvalue weighted by Gasteiger charge is 2.49. The molecule has 1 unspecified atom stereocenters. The Morgan fingerprint density at radius 2 is 1.91 bits per heavy atom. The molecule has 9 nitrogen and oxygen atoms in total. The van der Waals surface area contributed by atoms with Crippen LogP contribution in [-0.2, 0) is 15.3 Å². The number of pyridine rings is 1. The molecule has 5 aromatic rings. The highest BCUT2D eigenvalue weighted by atomic mass is 32.2. The van der Waals surface area contributed by atoms with Gasteiger partial charge in [-0.2, -0.15) is 0 Å². The van der Waals surface area contributed by atoms with Crippen LogP contribution in [0.25, 0.3) is 11.4 Å². The number of hydrogen-bond acceptors (Lipinski definition) is 9. The minimum Gasteiger partial charge on any atom is -0.505 e. The number of amides is 1. The molecule has 1 aliphatic heterocycles. The number of carbonyl (C=O) groups excluding carboxylic acids is 2. The molecule has 216 valence electrons. The molecule has 0 bridgehead atoms. The van der Waals surface area contributed by atoms with E-state index in [1.807, 2.05) is 66.9 Å². The number of fused-ring (bicyclic) bond motifs is 1. The van der Waals surface area contributed by atoms with E-state index < -0.39 is 17.7 Å². The maximum atomic E-state index is 13.7. The molecule has 1 amide bonds. The largest absolute Gasteiger partial charge is 0.505 e. The highest BCUT2D eigenvalue weighted by Crippen LogP contribution is 2.45. The molecular weight excluding hydrogens is 583 g/mol. The van der Waals surface area contributed by atoms with Gasteiger partial charge in [0.15, 0.2) is 10.1 Å². The zero-order chi connectivity index (χ0) is 30.1. The summed E-state index contributed by atoms with van der Waals surface area (Å²) in [6.07, 6.45) is 3.47. The van der Waals surface area contributed by atoms with Crippen LogP contribution in [0.15, 0.2) is 95.5 Å². The van der Waals surface area contributed by atoms with Gasteiger partial charge in [-0.3, -0.25) is 14.5 Å². The summed E-state index contributed by atoms with van der Waals surface area (Å²) < 4.78 is 8.25. The van der Waals surface area contributed by atoms with Gasteiger partial charge in [0.25, 0.3) is 5.78 Å². The molecule has 1 saturated heterocycles. The van der Waals surface area contributed by atoms with Gasteiger partial charge in [-0.15, -0.1) is 10.2 Å². The number of ketones is 1. The Kier molecular flexibility index (Phi) is 7.83. The summed E-state index contributed by atoms with van der Waals surface area (Å²) >= 11 is 2.71. The van der Waals surface area contributed by atoms with Gasteiger partial charge in [-0.05, 0) is 48.7 Å². The zero-order valence-electron chi connectivity index (χ0n) is 23.4. The van der Waals surface area contributed by atoms with Gasteiger partial charge in [0.2, 0.25) is 5.13 Å². The predicted octanol–water partition coefficient (Wildman–Crippen LogP) is 6.29. The topological polar surface area (TPSA) is 110 Å². The summed E-state index contributed by atoms with van der Waals surface area (Å²) in [4.78, 5) is 33.4. The van der Waals surface area contributed by atoms with Crippen molar-refractivity contribution in [1.29, 1.82) is 0 Å². The smallest absolute Gasteiger partial charge is 0.301 e. The minimum absolute atomic E-state index is 0.0799. The normalized spacial score (nSPS) is 16.2. The molecular formula is C32H27N5O4S2. The Labute approximate surface area is 256 Å². The third-order valence-corrected chi connectivity index (χ3v) is 9.23. The standard InChI is InChI=1S/C32H27N5O4S2/c1-4-16-41-23-14-8-13-22(17-23)26-24(27(38)25-20(3)36-15-9-10-19(2)29(36)33-25)28(39)30(40)37(26)31-34-35-32(43-31)42-18-21-11-6-5-7-12-21/h4-15,17,26,38H,1,16,18H2,2-3H3. The van der Waals surface area contributed by atoms with Crippen LogP contribution in [0.5, 0.6) is 5.75 Å². The highest BCUT2D eigenvalue weighted by molar-refractivity contribution is 8.00. The van der Waals surface area contributed by atoms with Gasteiger partial charge < -0.3 is 14.2 Å². The molecule has 0 spiro atoms. The quantitative estimate of drug-likeness (QED) is 0.0519. The Bertz CT molecular complexity index is 1900. The summed E-state index contributed by atoms with van der Waals surface area (Å²) in [5, 5.41) is 20.6. The van der Waals surface area contributed by atoms with E-state index in [1.54, 1.807) is 30.3 Å². The predicted molar refractivity (Wildman–Crippen MR) is 167 cm³/mol. The van der Waals surface area contributed by atoms with Crippen molar-refractivity contribution < 1.29 is 19.4 Å². The second-order valence-electron chi connectivity index (χ2n) is 9.90. The first-order chi connectivity index (χ1) is 20.9. The molecule has 4 heterocycles. The van der Waals surface area contributed by atoms with Crippen LogP contribution in [0.4, 0.5) is 5.13 Å². The number of benzene rings is 2. The van der Waals surface area contributed by atoms with Crippen LogP contribution in [0.2, 0.25) is 0 Å². The molecule has 0 saturated carbocycles. The van der Waals surface area contributed by atoms with E-state index in [0.717, 1.165) is 11.1 Å². The summed E-state index contributed by atoms with van der Waals surface area (Å²) in [6, 6.07) is 19.8. The van der Waals surface area contributed by atoms with Crippen LogP contribution < -0.4 is 9.64 Å². The number of anilines is 1. The van der Waals surface area contributed by atoms with Crippen LogP contribution in [0, 0.1) is 13.8 Å². The first-order valence-electron chi connectivity index (χ1n) is 13.5. The Morgan fingerprint density at radius 3 is 2.67 bits per heavy atom. The number of hydrogen-bond donors (Lipinski definition) is 1. The number of aryl methyl sites for hydroxylation is 2. The summed E-state index contributed by atoms with van der Waals surface area (Å²) in [5.74, 6) is -0.794. The van der Waals surface area contributed by atoms with E-state index in [1.165, 1.54) is 28.0 Å². The Balaban J connectivity index is 1.46. The summed E-state index contributed by atoms with van der Waals surface area (Å²) in [7, 11) is 0. The number of imidazole rings is 1. The SMILES string of the molecule is C=CCOc1cccc(C2C(=C(O)c3nc4c(C)cccn4c3C)C(=O)C(=O)N2c2nnc(SCc3ccccc3)s2)c1. The van der Waals surface area contributed by atoms with Crippen molar-refractivity contribution >= 4 is 51.3 Å². The van der Waals surface area contributed by atoms with E-state index in [0.29, 0.717) is 32.7 Å². The molecule has 1 fully saturated rings. The molecule has 3 aromatic heterocycles. The van der Waals surface area contributed by atoms with Crippen LogP contribution in [-0.4, -0.2) is 43.0 Å². The number of ether oxygens (including phenoxy) is 1. The van der Waals surface area contributed by atoms with Crippen LogP contribution in [0.3, 0.4) is 0 Å². The van der Waals surface area contributed by atoms with E-state index in [-0.39, 0.29) is 28.8 Å². The number of Topliss-reactive ketones (excluding diaryl/α,β-unsaturated/α-hetero) is 1. The van der Waals surface area contributed by atoms with Crippen LogP contribution >= 0.6 is 23.1 Å². The van der Waals surface area contributed by atoms with Crippen molar-refractivity contribution in [1.82, 2.24) is 19.6 Å². The number of carbonyl (C=O) groups is 2. The molecule has 11 heteroatoms. The van der Waals surface area contributed by atoms with Gasteiger partial charge in [0, 0.05) is 11.9 Å². The molecule has 1 atom stereocenters. The fraction of sp³-hybridized carbons (Fsp3) is 0.156. The molecule has 2 aromatic carbocycles. The van der Waals surface area contributed by atoms with Gasteiger partial charge in [0.05, 0.1) is 17.3 Å². The molecule has 1 N–H and O–H groups in total. The van der Waals surface area contributed by atoms with Crippen molar-refractivity contribution in [2.24, 2.45) is 0 Å². The molecule has 43 heavy (non-hydrogen) atoms. The van der Waals surface area contributed by atoms with Gasteiger partial charge in [0.1, 0.15) is 23.7 Å². The van der Waals surface area contributed by atoms with E-state index >= 15 is 0 Å². The summed E-state index contributed by atoms with van der Waals surface area (Å²) in [5.41, 5.74) is 4.03. The first kappa shape index (κ1) is 28.4. The maximum absolute atomic E-state index is 13.7. The minimum atomic E-state index is -0.988. The fourth-order valence-corrected chi connectivity index (χ4v) is 6.85. The Morgan fingerprint density at radius 1 is 1.09 bits per heavy atom. The van der Waals surface area contributed by atoms with Gasteiger partial charge in [-0.1, -0.05) is 84.3 Å². The number of aromatic nitrogens is 4. The zero-order valence-corrected chi connectivity index (χ0v) is 25.1.